The van der Waals surface area contributed by atoms with Crippen LogP contribution in [0.5, 0.6) is 0 Å². The van der Waals surface area contributed by atoms with Gasteiger partial charge in [0.2, 0.25) is 5.91 Å². The summed E-state index contributed by atoms with van der Waals surface area (Å²) in [6.07, 6.45) is 4.08. The molecule has 7 heteroatoms. The lowest BCUT2D eigenvalue weighted by molar-refractivity contribution is -0.128. The van der Waals surface area contributed by atoms with Crippen molar-refractivity contribution in [1.82, 2.24) is 10.2 Å². The summed E-state index contributed by atoms with van der Waals surface area (Å²) in [5.74, 6) is -4.89. The summed E-state index contributed by atoms with van der Waals surface area (Å²) >= 11 is 0. The van der Waals surface area contributed by atoms with Gasteiger partial charge in [-0.15, -0.1) is 0 Å². The Balaban J connectivity index is 1.57. The Kier molecular flexibility index (Phi) is 4.78. The predicted molar refractivity (Wildman–Crippen MR) is 80.7 cm³/mol. The molecule has 1 aliphatic heterocycles. The van der Waals surface area contributed by atoms with Crippen molar-refractivity contribution in [2.24, 2.45) is 5.92 Å². The van der Waals surface area contributed by atoms with E-state index in [4.69, 9.17) is 0 Å². The third-order valence-corrected chi connectivity index (χ3v) is 4.87. The minimum absolute atomic E-state index is 0.00282. The van der Waals surface area contributed by atoms with Gasteiger partial charge in [0.1, 0.15) is 0 Å². The summed E-state index contributed by atoms with van der Waals surface area (Å²) in [4.78, 5) is 25.6. The van der Waals surface area contributed by atoms with Crippen molar-refractivity contribution < 1.29 is 22.8 Å². The number of likely N-dealkylation sites (tertiary alicyclic amines) is 1. The third-order valence-electron chi connectivity index (χ3n) is 4.87. The summed E-state index contributed by atoms with van der Waals surface area (Å²) in [6.45, 7) is 0.680. The van der Waals surface area contributed by atoms with Crippen LogP contribution in [-0.2, 0) is 4.79 Å². The monoisotopic (exact) mass is 340 g/mol. The van der Waals surface area contributed by atoms with Crippen molar-refractivity contribution in [3.05, 3.63) is 35.1 Å². The van der Waals surface area contributed by atoms with E-state index < -0.39 is 28.9 Å². The van der Waals surface area contributed by atoms with E-state index in [1.54, 1.807) is 0 Å². The molecule has 1 aromatic rings. The Morgan fingerprint density at radius 1 is 1.00 bits per heavy atom. The van der Waals surface area contributed by atoms with E-state index >= 15 is 0 Å². The molecule has 2 aliphatic rings. The number of carbonyl (C=O) groups is 2. The minimum atomic E-state index is -1.64. The lowest BCUT2D eigenvalue weighted by Gasteiger charge is -2.34. The van der Waals surface area contributed by atoms with Crippen LogP contribution >= 0.6 is 0 Å². The van der Waals surface area contributed by atoms with Crippen LogP contribution in [0.15, 0.2) is 12.1 Å². The van der Waals surface area contributed by atoms with Gasteiger partial charge in [-0.05, 0) is 37.8 Å². The average Bonchev–Trinajstić information content (AvgIpc) is 2.51. The van der Waals surface area contributed by atoms with E-state index in [9.17, 15) is 22.8 Å². The number of amides is 2. The molecule has 0 spiro atoms. The van der Waals surface area contributed by atoms with Crippen molar-refractivity contribution in [2.45, 2.75) is 38.1 Å². The van der Waals surface area contributed by atoms with Crippen LogP contribution in [0, 0.1) is 23.4 Å². The van der Waals surface area contributed by atoms with Crippen molar-refractivity contribution in [2.75, 3.05) is 13.1 Å². The van der Waals surface area contributed by atoms with Crippen molar-refractivity contribution in [3.8, 4) is 0 Å². The first-order valence-corrected chi connectivity index (χ1v) is 8.20. The maximum Gasteiger partial charge on any atom is 0.256 e. The number of benzene rings is 1. The minimum Gasteiger partial charge on any atom is -0.353 e. The molecule has 1 saturated heterocycles. The van der Waals surface area contributed by atoms with E-state index in [1.165, 1.54) is 4.90 Å². The van der Waals surface area contributed by atoms with Crippen molar-refractivity contribution in [1.29, 1.82) is 0 Å². The summed E-state index contributed by atoms with van der Waals surface area (Å²) in [5.41, 5.74) is -0.467. The number of carbonyl (C=O) groups excluding carboxylic acids is 2. The molecule has 0 bridgehead atoms. The van der Waals surface area contributed by atoms with Gasteiger partial charge in [0.05, 0.1) is 5.56 Å². The molecule has 3 rings (SSSR count). The van der Waals surface area contributed by atoms with Crippen LogP contribution in [0.25, 0.3) is 0 Å². The highest BCUT2D eigenvalue weighted by molar-refractivity contribution is 5.94. The predicted octanol–water partition coefficient (Wildman–Crippen LogP) is 2.62. The number of nitrogens with one attached hydrogen (secondary N) is 1. The highest BCUT2D eigenvalue weighted by Crippen LogP contribution is 2.27. The highest BCUT2D eigenvalue weighted by atomic mass is 19.2. The van der Waals surface area contributed by atoms with Crippen molar-refractivity contribution >= 4 is 11.8 Å². The second kappa shape index (κ2) is 6.83. The second-order valence-corrected chi connectivity index (χ2v) is 6.43. The van der Waals surface area contributed by atoms with Gasteiger partial charge in [-0.1, -0.05) is 6.42 Å². The number of hydrogen-bond donors (Lipinski definition) is 1. The normalized spacial score (nSPS) is 19.0. The summed E-state index contributed by atoms with van der Waals surface area (Å²) in [7, 11) is 0. The molecular weight excluding hydrogens is 321 g/mol. The molecule has 1 heterocycles. The number of nitrogens with zero attached hydrogens (tertiary/aromatic N) is 1. The lowest BCUT2D eigenvalue weighted by Crippen LogP contribution is -2.48. The molecule has 0 aromatic heterocycles. The molecule has 1 aliphatic carbocycles. The van der Waals surface area contributed by atoms with E-state index in [1.807, 2.05) is 0 Å². The molecule has 2 fully saturated rings. The molecule has 0 unspecified atom stereocenters. The number of hydrogen-bond acceptors (Lipinski definition) is 2. The van der Waals surface area contributed by atoms with Crippen LogP contribution in [0.1, 0.15) is 42.5 Å². The Bertz CT molecular complexity index is 653. The third kappa shape index (κ3) is 3.25. The molecule has 0 radical (unpaired) electrons. The second-order valence-electron chi connectivity index (χ2n) is 6.43. The van der Waals surface area contributed by atoms with Crippen LogP contribution in [-0.4, -0.2) is 35.8 Å². The molecular formula is C17H19F3N2O2. The fourth-order valence-electron chi connectivity index (χ4n) is 3.08. The van der Waals surface area contributed by atoms with Gasteiger partial charge in [0, 0.05) is 25.0 Å². The largest absolute Gasteiger partial charge is 0.353 e. The van der Waals surface area contributed by atoms with E-state index in [2.05, 4.69) is 5.32 Å². The smallest absolute Gasteiger partial charge is 0.256 e. The molecule has 1 saturated carbocycles. The van der Waals surface area contributed by atoms with Gasteiger partial charge in [0.15, 0.2) is 17.5 Å². The Morgan fingerprint density at radius 2 is 1.67 bits per heavy atom. The summed E-state index contributed by atoms with van der Waals surface area (Å²) < 4.78 is 40.0. The number of piperidine rings is 1. The van der Waals surface area contributed by atoms with Gasteiger partial charge in [-0.25, -0.2) is 13.2 Å². The fourth-order valence-corrected chi connectivity index (χ4v) is 3.08. The fraction of sp³-hybridized carbons (Fsp3) is 0.529. The zero-order valence-electron chi connectivity index (χ0n) is 13.2. The zero-order chi connectivity index (χ0) is 17.3. The first kappa shape index (κ1) is 16.8. The van der Waals surface area contributed by atoms with Gasteiger partial charge in [0.25, 0.3) is 5.91 Å². The maximum atomic E-state index is 13.7. The van der Waals surface area contributed by atoms with Gasteiger partial charge in [-0.3, -0.25) is 9.59 Å². The molecule has 130 valence electrons. The van der Waals surface area contributed by atoms with Gasteiger partial charge < -0.3 is 10.2 Å². The first-order chi connectivity index (χ1) is 11.5. The summed E-state index contributed by atoms with van der Waals surface area (Å²) in [5, 5.41) is 2.99. The summed E-state index contributed by atoms with van der Waals surface area (Å²) in [6, 6.07) is 1.70. The first-order valence-electron chi connectivity index (χ1n) is 8.20. The van der Waals surface area contributed by atoms with Crippen LogP contribution in [0.3, 0.4) is 0 Å². The maximum absolute atomic E-state index is 13.7. The standard InChI is InChI=1S/C17H19F3N2O2/c18-13-5-4-12(14(19)15(13)20)17(24)22-8-6-11(7-9-22)21-16(23)10-2-1-3-10/h4-5,10-11H,1-3,6-9H2,(H,21,23). The quantitative estimate of drug-likeness (QED) is 0.860. The zero-order valence-corrected chi connectivity index (χ0v) is 13.2. The lowest BCUT2D eigenvalue weighted by atomic mass is 9.84. The van der Waals surface area contributed by atoms with E-state index in [0.29, 0.717) is 25.9 Å². The number of rotatable bonds is 3. The van der Waals surface area contributed by atoms with Crippen molar-refractivity contribution in [3.63, 3.8) is 0 Å². The molecule has 2 amide bonds. The van der Waals surface area contributed by atoms with Gasteiger partial charge in [-0.2, -0.15) is 0 Å². The van der Waals surface area contributed by atoms with E-state index in [-0.39, 0.29) is 17.9 Å². The Morgan fingerprint density at radius 3 is 2.25 bits per heavy atom. The van der Waals surface area contributed by atoms with Crippen LogP contribution in [0.2, 0.25) is 0 Å². The molecule has 1 N–H and O–H groups in total. The van der Waals surface area contributed by atoms with Crippen LogP contribution < -0.4 is 5.32 Å². The topological polar surface area (TPSA) is 49.4 Å². The van der Waals surface area contributed by atoms with Gasteiger partial charge >= 0.3 is 0 Å². The molecule has 24 heavy (non-hydrogen) atoms. The molecule has 4 nitrogen and oxygen atoms in total. The van der Waals surface area contributed by atoms with E-state index in [0.717, 1.165) is 31.4 Å². The average molecular weight is 340 g/mol. The molecule has 1 aromatic carbocycles. The molecule has 0 atom stereocenters. The SMILES string of the molecule is O=C(NC1CCN(C(=O)c2ccc(F)c(F)c2F)CC1)C1CCC1. The van der Waals surface area contributed by atoms with Crippen LogP contribution in [0.4, 0.5) is 13.2 Å². The highest BCUT2D eigenvalue weighted by Gasteiger charge is 2.30. The Hall–Kier alpha value is -2.05. The Labute approximate surface area is 138 Å². The number of halogens is 3.